The number of carbonyl (C=O) groups excluding carboxylic acids is 2. The topological polar surface area (TPSA) is 67.4 Å². The number of hydrogen-bond acceptors (Lipinski definition) is 3. The van der Waals surface area contributed by atoms with Crippen LogP contribution in [-0.4, -0.2) is 18.4 Å². The Morgan fingerprint density at radius 1 is 1.47 bits per heavy atom. The van der Waals surface area contributed by atoms with E-state index in [1.165, 1.54) is 0 Å². The average molecular weight is 262 g/mol. The summed E-state index contributed by atoms with van der Waals surface area (Å²) in [6.07, 6.45) is 2.49. The first-order valence-corrected chi connectivity index (χ1v) is 6.51. The molecule has 0 aromatic heterocycles. The third-order valence-electron chi connectivity index (χ3n) is 2.93. The Hall–Kier alpha value is -2.04. The van der Waals surface area contributed by atoms with Crippen LogP contribution in [0.5, 0.6) is 5.75 Å². The maximum Gasteiger partial charge on any atom is 0.262 e. The van der Waals surface area contributed by atoms with Crippen molar-refractivity contribution < 1.29 is 14.3 Å². The summed E-state index contributed by atoms with van der Waals surface area (Å²) >= 11 is 0. The second-order valence-electron chi connectivity index (χ2n) is 4.55. The first-order valence-electron chi connectivity index (χ1n) is 6.51. The fourth-order valence-electron chi connectivity index (χ4n) is 1.86. The highest BCUT2D eigenvalue weighted by atomic mass is 16.5. The maximum absolute atomic E-state index is 11.5. The van der Waals surface area contributed by atoms with Crippen LogP contribution in [0.3, 0.4) is 0 Å². The molecule has 1 aromatic rings. The molecular weight excluding hydrogens is 244 g/mol. The Bertz CT molecular complexity index is 486. The van der Waals surface area contributed by atoms with Gasteiger partial charge < -0.3 is 15.4 Å². The Labute approximate surface area is 112 Å². The van der Waals surface area contributed by atoms with E-state index in [9.17, 15) is 9.59 Å². The normalized spacial score (nSPS) is 13.2. The molecule has 1 heterocycles. The van der Waals surface area contributed by atoms with E-state index in [1.54, 1.807) is 6.07 Å². The fraction of sp³-hybridized carbons (Fsp3) is 0.429. The molecule has 0 saturated carbocycles. The van der Waals surface area contributed by atoms with Crippen LogP contribution in [0.1, 0.15) is 31.7 Å². The fourth-order valence-corrected chi connectivity index (χ4v) is 1.86. The zero-order valence-electron chi connectivity index (χ0n) is 11.0. The average Bonchev–Trinajstić information content (AvgIpc) is 2.42. The van der Waals surface area contributed by atoms with Crippen molar-refractivity contribution >= 4 is 17.5 Å². The highest BCUT2D eigenvalue weighted by Crippen LogP contribution is 2.28. The van der Waals surface area contributed by atoms with Crippen molar-refractivity contribution in [3.05, 3.63) is 23.8 Å². The summed E-state index contributed by atoms with van der Waals surface area (Å²) in [6, 6.07) is 5.50. The van der Waals surface area contributed by atoms with Crippen molar-refractivity contribution in [1.29, 1.82) is 0 Å². The van der Waals surface area contributed by atoms with Crippen molar-refractivity contribution in [2.75, 3.05) is 11.9 Å². The molecule has 0 bridgehead atoms. The third-order valence-corrected chi connectivity index (χ3v) is 2.93. The van der Waals surface area contributed by atoms with Crippen LogP contribution in [0.15, 0.2) is 18.2 Å². The molecule has 0 fully saturated rings. The highest BCUT2D eigenvalue weighted by molar-refractivity contribution is 5.95. The largest absolute Gasteiger partial charge is 0.482 e. The number of carbonyl (C=O) groups is 2. The van der Waals surface area contributed by atoms with Crippen LogP contribution >= 0.6 is 0 Å². The van der Waals surface area contributed by atoms with Crippen LogP contribution in [-0.2, 0) is 16.1 Å². The van der Waals surface area contributed by atoms with Gasteiger partial charge in [0, 0.05) is 13.0 Å². The van der Waals surface area contributed by atoms with Gasteiger partial charge in [-0.3, -0.25) is 9.59 Å². The third kappa shape index (κ3) is 3.71. The van der Waals surface area contributed by atoms with E-state index in [0.29, 0.717) is 24.4 Å². The molecule has 0 radical (unpaired) electrons. The molecule has 1 aliphatic heterocycles. The molecule has 0 aliphatic carbocycles. The van der Waals surface area contributed by atoms with E-state index in [0.717, 1.165) is 18.4 Å². The summed E-state index contributed by atoms with van der Waals surface area (Å²) < 4.78 is 5.32. The molecule has 19 heavy (non-hydrogen) atoms. The second kappa shape index (κ2) is 6.22. The minimum atomic E-state index is -0.145. The predicted molar refractivity (Wildman–Crippen MR) is 71.9 cm³/mol. The molecule has 2 rings (SSSR count). The van der Waals surface area contributed by atoms with Crippen molar-refractivity contribution in [2.24, 2.45) is 0 Å². The SMILES string of the molecule is CCCCC(=O)NCc1ccc2c(c1)OCC(=O)N2. The van der Waals surface area contributed by atoms with E-state index < -0.39 is 0 Å². The zero-order valence-corrected chi connectivity index (χ0v) is 11.0. The van der Waals surface area contributed by atoms with Crippen molar-refractivity contribution in [3.63, 3.8) is 0 Å². The van der Waals surface area contributed by atoms with E-state index in [4.69, 9.17) is 4.74 Å². The molecule has 1 aromatic carbocycles. The Morgan fingerprint density at radius 3 is 3.11 bits per heavy atom. The van der Waals surface area contributed by atoms with Crippen molar-refractivity contribution in [1.82, 2.24) is 5.32 Å². The Balaban J connectivity index is 1.91. The summed E-state index contributed by atoms with van der Waals surface area (Å²) in [6.45, 7) is 2.58. The maximum atomic E-state index is 11.5. The van der Waals surface area contributed by atoms with Gasteiger partial charge in [-0.25, -0.2) is 0 Å². The van der Waals surface area contributed by atoms with Gasteiger partial charge in [-0.15, -0.1) is 0 Å². The van der Waals surface area contributed by atoms with Crippen LogP contribution in [0.4, 0.5) is 5.69 Å². The van der Waals surface area contributed by atoms with Crippen LogP contribution < -0.4 is 15.4 Å². The van der Waals surface area contributed by atoms with E-state index >= 15 is 0 Å². The first-order chi connectivity index (χ1) is 9.19. The number of fused-ring (bicyclic) bond motifs is 1. The minimum absolute atomic E-state index is 0.0410. The van der Waals surface area contributed by atoms with Gasteiger partial charge in [-0.1, -0.05) is 19.4 Å². The van der Waals surface area contributed by atoms with Gasteiger partial charge in [0.15, 0.2) is 6.61 Å². The number of rotatable bonds is 5. The molecule has 0 unspecified atom stereocenters. The predicted octanol–water partition coefficient (Wildman–Crippen LogP) is 1.82. The summed E-state index contributed by atoms with van der Waals surface area (Å²) in [5, 5.41) is 5.60. The lowest BCUT2D eigenvalue weighted by atomic mass is 10.1. The number of amides is 2. The van der Waals surface area contributed by atoms with E-state index in [-0.39, 0.29) is 18.4 Å². The number of anilines is 1. The molecule has 0 saturated heterocycles. The van der Waals surface area contributed by atoms with Gasteiger partial charge in [-0.05, 0) is 24.1 Å². The van der Waals surface area contributed by atoms with Gasteiger partial charge in [0.05, 0.1) is 5.69 Å². The van der Waals surface area contributed by atoms with Crippen LogP contribution in [0, 0.1) is 0 Å². The van der Waals surface area contributed by atoms with Gasteiger partial charge in [0.2, 0.25) is 5.91 Å². The lowest BCUT2D eigenvalue weighted by Crippen LogP contribution is -2.26. The minimum Gasteiger partial charge on any atom is -0.482 e. The molecule has 5 nitrogen and oxygen atoms in total. The number of benzene rings is 1. The zero-order chi connectivity index (χ0) is 13.7. The molecule has 2 N–H and O–H groups in total. The van der Waals surface area contributed by atoms with E-state index in [2.05, 4.69) is 17.6 Å². The standard InChI is InChI=1S/C14H18N2O3/c1-2-3-4-13(17)15-8-10-5-6-11-12(7-10)19-9-14(18)16-11/h5-7H,2-4,8-9H2,1H3,(H,15,17)(H,16,18). The molecule has 1 aliphatic rings. The van der Waals surface area contributed by atoms with Crippen molar-refractivity contribution in [3.8, 4) is 5.75 Å². The van der Waals surface area contributed by atoms with Gasteiger partial charge in [-0.2, -0.15) is 0 Å². The van der Waals surface area contributed by atoms with Crippen LogP contribution in [0.2, 0.25) is 0 Å². The first kappa shape index (κ1) is 13.4. The Kier molecular flexibility index (Phi) is 4.39. The highest BCUT2D eigenvalue weighted by Gasteiger charge is 2.15. The number of hydrogen-bond donors (Lipinski definition) is 2. The number of unbranched alkanes of at least 4 members (excludes halogenated alkanes) is 1. The smallest absolute Gasteiger partial charge is 0.262 e. The van der Waals surface area contributed by atoms with Crippen molar-refractivity contribution in [2.45, 2.75) is 32.7 Å². The molecule has 2 amide bonds. The summed E-state index contributed by atoms with van der Waals surface area (Å²) in [5.41, 5.74) is 1.64. The molecule has 102 valence electrons. The monoisotopic (exact) mass is 262 g/mol. The summed E-state index contributed by atoms with van der Waals surface area (Å²) in [7, 11) is 0. The van der Waals surface area contributed by atoms with Gasteiger partial charge in [0.25, 0.3) is 5.91 Å². The lowest BCUT2D eigenvalue weighted by molar-refractivity contribution is -0.121. The van der Waals surface area contributed by atoms with E-state index in [1.807, 2.05) is 12.1 Å². The summed E-state index contributed by atoms with van der Waals surface area (Å²) in [5.74, 6) is 0.571. The molecule has 0 atom stereocenters. The second-order valence-corrected chi connectivity index (χ2v) is 4.55. The number of ether oxygens (including phenoxy) is 1. The Morgan fingerprint density at radius 2 is 2.32 bits per heavy atom. The van der Waals surface area contributed by atoms with Crippen LogP contribution in [0.25, 0.3) is 0 Å². The van der Waals surface area contributed by atoms with Gasteiger partial charge in [0.1, 0.15) is 5.75 Å². The quantitative estimate of drug-likeness (QED) is 0.850. The number of nitrogens with one attached hydrogen (secondary N) is 2. The molecule has 0 spiro atoms. The molecular formula is C14H18N2O3. The molecule has 5 heteroatoms. The summed E-state index contributed by atoms with van der Waals surface area (Å²) in [4.78, 5) is 22.6. The lowest BCUT2D eigenvalue weighted by Gasteiger charge is -2.18. The van der Waals surface area contributed by atoms with Gasteiger partial charge >= 0.3 is 0 Å².